The number of nitro benzene ring substituents is 1. The van der Waals surface area contributed by atoms with Crippen LogP contribution in [0.25, 0.3) is 0 Å². The number of hydrogen-bond acceptors (Lipinski definition) is 4. The Bertz CT molecular complexity index is 713. The standard InChI is InChI=1S/C16H20N4O3S/c1-4-19(5-2)15(21)13-10(3)17-16(24)18-14(13)11-8-6-7-9-12(11)20(22)23/h6-9,14H,4-5H2,1-3H3,(H2,17,18,24)/t14-/m0/s1. The van der Waals surface area contributed by atoms with E-state index in [0.717, 1.165) is 0 Å². The van der Waals surface area contributed by atoms with Gasteiger partial charge >= 0.3 is 0 Å². The van der Waals surface area contributed by atoms with Gasteiger partial charge in [-0.3, -0.25) is 14.9 Å². The molecule has 0 fully saturated rings. The van der Waals surface area contributed by atoms with Gasteiger partial charge in [-0.25, -0.2) is 0 Å². The number of amides is 1. The van der Waals surface area contributed by atoms with Crippen molar-refractivity contribution in [3.63, 3.8) is 0 Å². The van der Waals surface area contributed by atoms with Crippen LogP contribution in [-0.2, 0) is 4.79 Å². The zero-order valence-corrected chi connectivity index (χ0v) is 14.6. The molecule has 0 saturated carbocycles. The summed E-state index contributed by atoms with van der Waals surface area (Å²) in [7, 11) is 0. The van der Waals surface area contributed by atoms with Gasteiger partial charge in [0, 0.05) is 24.9 Å². The summed E-state index contributed by atoms with van der Waals surface area (Å²) >= 11 is 5.18. The third-order valence-electron chi connectivity index (χ3n) is 3.99. The lowest BCUT2D eigenvalue weighted by atomic mass is 9.93. The summed E-state index contributed by atoms with van der Waals surface area (Å²) in [6, 6.07) is 5.73. The van der Waals surface area contributed by atoms with E-state index < -0.39 is 11.0 Å². The van der Waals surface area contributed by atoms with E-state index in [1.54, 1.807) is 30.0 Å². The van der Waals surface area contributed by atoms with Gasteiger partial charge in [0.25, 0.3) is 11.6 Å². The second-order valence-corrected chi connectivity index (χ2v) is 5.77. The third-order valence-corrected chi connectivity index (χ3v) is 4.21. The predicted octanol–water partition coefficient (Wildman–Crippen LogP) is 2.26. The fraction of sp³-hybridized carbons (Fsp3) is 0.375. The van der Waals surface area contributed by atoms with Crippen LogP contribution >= 0.6 is 12.2 Å². The molecule has 8 heteroatoms. The molecule has 1 aromatic rings. The number of likely N-dealkylation sites (N-methyl/N-ethyl adjacent to an activating group) is 1. The van der Waals surface area contributed by atoms with Crippen LogP contribution in [0.3, 0.4) is 0 Å². The number of nitrogens with one attached hydrogen (secondary N) is 2. The monoisotopic (exact) mass is 348 g/mol. The lowest BCUT2D eigenvalue weighted by Gasteiger charge is -2.32. The van der Waals surface area contributed by atoms with E-state index in [0.29, 0.717) is 35.0 Å². The molecule has 2 N–H and O–H groups in total. The Kier molecular flexibility index (Phi) is 5.50. The fourth-order valence-corrected chi connectivity index (χ4v) is 3.06. The predicted molar refractivity (Wildman–Crippen MR) is 95.3 cm³/mol. The van der Waals surface area contributed by atoms with Crippen molar-refractivity contribution in [2.24, 2.45) is 0 Å². The molecular formula is C16H20N4O3S. The summed E-state index contributed by atoms with van der Waals surface area (Å²) in [6.07, 6.45) is 0. The van der Waals surface area contributed by atoms with Crippen molar-refractivity contribution in [2.45, 2.75) is 26.8 Å². The van der Waals surface area contributed by atoms with E-state index in [1.165, 1.54) is 6.07 Å². The average Bonchev–Trinajstić information content (AvgIpc) is 2.55. The first kappa shape index (κ1) is 17.9. The first-order valence-electron chi connectivity index (χ1n) is 7.71. The third kappa shape index (κ3) is 3.38. The van der Waals surface area contributed by atoms with E-state index in [4.69, 9.17) is 12.2 Å². The molecule has 24 heavy (non-hydrogen) atoms. The second kappa shape index (κ2) is 7.39. The van der Waals surface area contributed by atoms with Crippen LogP contribution in [0.5, 0.6) is 0 Å². The zero-order valence-electron chi connectivity index (χ0n) is 13.8. The summed E-state index contributed by atoms with van der Waals surface area (Å²) in [5, 5.41) is 17.7. The van der Waals surface area contributed by atoms with Crippen molar-refractivity contribution in [2.75, 3.05) is 13.1 Å². The molecule has 0 aliphatic carbocycles. The van der Waals surface area contributed by atoms with Crippen LogP contribution in [-0.4, -0.2) is 33.9 Å². The lowest BCUT2D eigenvalue weighted by molar-refractivity contribution is -0.385. The first-order valence-corrected chi connectivity index (χ1v) is 8.12. The Hall–Kier alpha value is -2.48. The molecule has 0 aromatic heterocycles. The Morgan fingerprint density at radius 2 is 1.96 bits per heavy atom. The highest BCUT2D eigenvalue weighted by Crippen LogP contribution is 2.33. The summed E-state index contributed by atoms with van der Waals surface area (Å²) in [4.78, 5) is 25.5. The molecule has 0 bridgehead atoms. The Labute approximate surface area is 145 Å². The molecule has 7 nitrogen and oxygen atoms in total. The summed E-state index contributed by atoms with van der Waals surface area (Å²) in [6.45, 7) is 6.66. The van der Waals surface area contributed by atoms with E-state index >= 15 is 0 Å². The molecule has 0 saturated heterocycles. The molecule has 1 aliphatic heterocycles. The number of nitrogens with zero attached hydrogens (tertiary/aromatic N) is 2. The molecule has 128 valence electrons. The van der Waals surface area contributed by atoms with Crippen LogP contribution < -0.4 is 10.6 Å². The van der Waals surface area contributed by atoms with Gasteiger partial charge in [-0.15, -0.1) is 0 Å². The van der Waals surface area contributed by atoms with Crippen molar-refractivity contribution >= 4 is 28.9 Å². The number of carbonyl (C=O) groups excluding carboxylic acids is 1. The highest BCUT2D eigenvalue weighted by atomic mass is 32.1. The number of carbonyl (C=O) groups is 1. The molecule has 1 heterocycles. The first-order chi connectivity index (χ1) is 11.4. The summed E-state index contributed by atoms with van der Waals surface area (Å²) in [5.74, 6) is -0.164. The lowest BCUT2D eigenvalue weighted by Crippen LogP contribution is -2.47. The summed E-state index contributed by atoms with van der Waals surface area (Å²) in [5.41, 5.74) is 1.43. The van der Waals surface area contributed by atoms with Crippen molar-refractivity contribution in [3.05, 3.63) is 51.2 Å². The largest absolute Gasteiger partial charge is 0.351 e. The molecule has 1 aromatic carbocycles. The Morgan fingerprint density at radius 1 is 1.33 bits per heavy atom. The Balaban J connectivity index is 2.58. The number of hydrogen-bond donors (Lipinski definition) is 2. The Morgan fingerprint density at radius 3 is 2.54 bits per heavy atom. The minimum atomic E-state index is -0.659. The average molecular weight is 348 g/mol. The number of thiocarbonyl (C=S) groups is 1. The molecule has 1 aliphatic rings. The quantitative estimate of drug-likeness (QED) is 0.482. The van der Waals surface area contributed by atoms with Crippen LogP contribution in [0.2, 0.25) is 0 Å². The molecule has 1 atom stereocenters. The van der Waals surface area contributed by atoms with Gasteiger partial charge < -0.3 is 15.5 Å². The highest BCUT2D eigenvalue weighted by molar-refractivity contribution is 7.80. The smallest absolute Gasteiger partial charge is 0.275 e. The van der Waals surface area contributed by atoms with Gasteiger partial charge in [0.05, 0.1) is 22.1 Å². The van der Waals surface area contributed by atoms with E-state index in [1.807, 2.05) is 13.8 Å². The van der Waals surface area contributed by atoms with Crippen molar-refractivity contribution in [1.82, 2.24) is 15.5 Å². The van der Waals surface area contributed by atoms with Crippen molar-refractivity contribution in [1.29, 1.82) is 0 Å². The second-order valence-electron chi connectivity index (χ2n) is 5.36. The van der Waals surface area contributed by atoms with Crippen molar-refractivity contribution in [3.8, 4) is 0 Å². The van der Waals surface area contributed by atoms with Gasteiger partial charge in [-0.05, 0) is 39.1 Å². The number of nitro groups is 1. The molecule has 2 rings (SSSR count). The molecule has 0 spiro atoms. The maximum Gasteiger partial charge on any atom is 0.275 e. The minimum absolute atomic E-state index is 0.0441. The van der Waals surface area contributed by atoms with Gasteiger partial charge in [0.1, 0.15) is 0 Å². The van der Waals surface area contributed by atoms with E-state index in [-0.39, 0.29) is 11.6 Å². The van der Waals surface area contributed by atoms with Gasteiger partial charge in [0.15, 0.2) is 5.11 Å². The topological polar surface area (TPSA) is 87.5 Å². The van der Waals surface area contributed by atoms with Gasteiger partial charge in [0.2, 0.25) is 0 Å². The number of allylic oxidation sites excluding steroid dienone is 1. The number of para-hydroxylation sites is 1. The van der Waals surface area contributed by atoms with E-state index in [9.17, 15) is 14.9 Å². The molecule has 0 unspecified atom stereocenters. The molecule has 0 radical (unpaired) electrons. The normalized spacial score (nSPS) is 17.1. The van der Waals surface area contributed by atoms with Crippen LogP contribution in [0.15, 0.2) is 35.5 Å². The summed E-state index contributed by atoms with van der Waals surface area (Å²) < 4.78 is 0. The number of benzene rings is 1. The van der Waals surface area contributed by atoms with Crippen LogP contribution in [0.1, 0.15) is 32.4 Å². The maximum absolute atomic E-state index is 12.9. The molecular weight excluding hydrogens is 328 g/mol. The highest BCUT2D eigenvalue weighted by Gasteiger charge is 2.35. The minimum Gasteiger partial charge on any atom is -0.351 e. The van der Waals surface area contributed by atoms with Gasteiger partial charge in [-0.1, -0.05) is 12.1 Å². The molecule has 1 amide bonds. The fourth-order valence-electron chi connectivity index (χ4n) is 2.79. The van der Waals surface area contributed by atoms with Crippen LogP contribution in [0, 0.1) is 10.1 Å². The van der Waals surface area contributed by atoms with E-state index in [2.05, 4.69) is 10.6 Å². The zero-order chi connectivity index (χ0) is 17.9. The van der Waals surface area contributed by atoms with Crippen LogP contribution in [0.4, 0.5) is 5.69 Å². The number of rotatable bonds is 5. The SMILES string of the molecule is CCN(CC)C(=O)C1=C(C)NC(=S)N[C@H]1c1ccccc1[N+](=O)[O-]. The van der Waals surface area contributed by atoms with Crippen molar-refractivity contribution < 1.29 is 9.72 Å². The maximum atomic E-state index is 12.9. The van der Waals surface area contributed by atoms with Gasteiger partial charge in [-0.2, -0.15) is 0 Å².